The van der Waals surface area contributed by atoms with Crippen LogP contribution in [0.25, 0.3) is 10.9 Å². The van der Waals surface area contributed by atoms with E-state index >= 15 is 0 Å². The van der Waals surface area contributed by atoms with Gasteiger partial charge in [-0.25, -0.2) is 0 Å². The lowest BCUT2D eigenvalue weighted by molar-refractivity contribution is 0.0953. The number of nitrogens with one attached hydrogen (secondary N) is 1. The third kappa shape index (κ3) is 3.60. The maximum atomic E-state index is 12.4. The number of fused-ring (bicyclic) bond motifs is 1. The minimum absolute atomic E-state index is 0.141. The summed E-state index contributed by atoms with van der Waals surface area (Å²) in [6.07, 6.45) is 2.89. The zero-order chi connectivity index (χ0) is 17.8. The van der Waals surface area contributed by atoms with Crippen molar-refractivity contribution >= 4 is 16.8 Å². The molecular formula is C20H22N2O3. The molecule has 0 radical (unpaired) electrons. The summed E-state index contributed by atoms with van der Waals surface area (Å²) in [6, 6.07) is 13.4. The maximum absolute atomic E-state index is 12.4. The van der Waals surface area contributed by atoms with Crippen LogP contribution in [0.1, 0.15) is 15.9 Å². The van der Waals surface area contributed by atoms with Gasteiger partial charge < -0.3 is 19.4 Å². The summed E-state index contributed by atoms with van der Waals surface area (Å²) in [5, 5.41) is 4.19. The highest BCUT2D eigenvalue weighted by Gasteiger charge is 2.11. The van der Waals surface area contributed by atoms with E-state index in [1.54, 1.807) is 32.4 Å². The number of ether oxygens (including phenoxy) is 2. The Hall–Kier alpha value is -2.95. The molecule has 0 spiro atoms. The number of hydrogen-bond donors (Lipinski definition) is 1. The number of aromatic nitrogens is 1. The molecule has 0 aliphatic heterocycles. The molecule has 0 bridgehead atoms. The van der Waals surface area contributed by atoms with E-state index in [1.807, 2.05) is 19.2 Å². The second-order valence-electron chi connectivity index (χ2n) is 5.89. The van der Waals surface area contributed by atoms with Gasteiger partial charge in [-0.3, -0.25) is 4.79 Å². The predicted octanol–water partition coefficient (Wildman–Crippen LogP) is 3.17. The van der Waals surface area contributed by atoms with E-state index in [0.717, 1.165) is 6.42 Å². The SMILES string of the molecule is COc1cc(OC)cc(C(=O)NCCc2cn(C)c3ccccc23)c1. The Kier molecular flexibility index (Phi) is 4.93. The first-order chi connectivity index (χ1) is 12.1. The van der Waals surface area contributed by atoms with Crippen molar-refractivity contribution in [3.05, 3.63) is 59.8 Å². The fourth-order valence-electron chi connectivity index (χ4n) is 2.98. The van der Waals surface area contributed by atoms with E-state index < -0.39 is 0 Å². The molecule has 1 amide bonds. The molecule has 5 heteroatoms. The van der Waals surface area contributed by atoms with E-state index in [-0.39, 0.29) is 5.91 Å². The van der Waals surface area contributed by atoms with Gasteiger partial charge in [-0.1, -0.05) is 18.2 Å². The maximum Gasteiger partial charge on any atom is 0.251 e. The highest BCUT2D eigenvalue weighted by molar-refractivity contribution is 5.95. The van der Waals surface area contributed by atoms with Gasteiger partial charge in [0.2, 0.25) is 0 Å². The van der Waals surface area contributed by atoms with Crippen molar-refractivity contribution in [3.63, 3.8) is 0 Å². The Bertz CT molecular complexity index is 877. The average molecular weight is 338 g/mol. The van der Waals surface area contributed by atoms with Crippen LogP contribution in [0.5, 0.6) is 11.5 Å². The molecule has 5 nitrogen and oxygen atoms in total. The fraction of sp³-hybridized carbons (Fsp3) is 0.250. The summed E-state index contributed by atoms with van der Waals surface area (Å²) in [5.74, 6) is 1.05. The molecule has 2 aromatic carbocycles. The van der Waals surface area contributed by atoms with Crippen molar-refractivity contribution in [1.82, 2.24) is 9.88 Å². The number of carbonyl (C=O) groups is 1. The van der Waals surface area contributed by atoms with Crippen LogP contribution in [0, 0.1) is 0 Å². The van der Waals surface area contributed by atoms with E-state index in [0.29, 0.717) is 23.6 Å². The third-order valence-electron chi connectivity index (χ3n) is 4.27. The first-order valence-electron chi connectivity index (χ1n) is 8.16. The first-order valence-corrected chi connectivity index (χ1v) is 8.16. The van der Waals surface area contributed by atoms with Crippen molar-refractivity contribution < 1.29 is 14.3 Å². The quantitative estimate of drug-likeness (QED) is 0.751. The van der Waals surface area contributed by atoms with Gasteiger partial charge in [0.25, 0.3) is 5.91 Å². The van der Waals surface area contributed by atoms with E-state index in [4.69, 9.17) is 9.47 Å². The number of aryl methyl sites for hydroxylation is 1. The summed E-state index contributed by atoms with van der Waals surface area (Å²) < 4.78 is 12.5. The van der Waals surface area contributed by atoms with Crippen molar-refractivity contribution in [1.29, 1.82) is 0 Å². The lowest BCUT2D eigenvalue weighted by atomic mass is 10.1. The second-order valence-corrected chi connectivity index (χ2v) is 5.89. The Balaban J connectivity index is 1.68. The molecule has 3 aromatic rings. The molecule has 1 N–H and O–H groups in total. The van der Waals surface area contributed by atoms with Crippen molar-refractivity contribution in [2.24, 2.45) is 7.05 Å². The summed E-state index contributed by atoms with van der Waals surface area (Å²) in [6.45, 7) is 0.562. The summed E-state index contributed by atoms with van der Waals surface area (Å²) >= 11 is 0. The predicted molar refractivity (Wildman–Crippen MR) is 98.5 cm³/mol. The van der Waals surface area contributed by atoms with Crippen LogP contribution >= 0.6 is 0 Å². The van der Waals surface area contributed by atoms with Crippen molar-refractivity contribution in [2.45, 2.75) is 6.42 Å². The minimum atomic E-state index is -0.141. The summed E-state index contributed by atoms with van der Waals surface area (Å²) in [5.41, 5.74) is 2.94. The van der Waals surface area contributed by atoms with Crippen LogP contribution in [0.4, 0.5) is 0 Å². The lowest BCUT2D eigenvalue weighted by Crippen LogP contribution is -2.25. The Morgan fingerprint density at radius 1 is 1.08 bits per heavy atom. The van der Waals surface area contributed by atoms with Crippen LogP contribution in [-0.2, 0) is 13.5 Å². The molecular weight excluding hydrogens is 316 g/mol. The zero-order valence-corrected chi connectivity index (χ0v) is 14.7. The third-order valence-corrected chi connectivity index (χ3v) is 4.27. The van der Waals surface area contributed by atoms with Crippen molar-refractivity contribution in [2.75, 3.05) is 20.8 Å². The summed E-state index contributed by atoms with van der Waals surface area (Å²) in [7, 11) is 5.17. The molecule has 25 heavy (non-hydrogen) atoms. The number of amides is 1. The largest absolute Gasteiger partial charge is 0.497 e. The molecule has 0 saturated heterocycles. The monoisotopic (exact) mass is 338 g/mol. The first kappa shape index (κ1) is 16.9. The number of methoxy groups -OCH3 is 2. The van der Waals surface area contributed by atoms with E-state index in [1.165, 1.54) is 16.5 Å². The van der Waals surface area contributed by atoms with Crippen LogP contribution in [0.2, 0.25) is 0 Å². The van der Waals surface area contributed by atoms with E-state index in [2.05, 4.69) is 28.2 Å². The minimum Gasteiger partial charge on any atom is -0.497 e. The van der Waals surface area contributed by atoms with Crippen LogP contribution < -0.4 is 14.8 Å². The Morgan fingerprint density at radius 3 is 2.44 bits per heavy atom. The number of hydrogen-bond acceptors (Lipinski definition) is 3. The van der Waals surface area contributed by atoms with Gasteiger partial charge in [0.15, 0.2) is 0 Å². The molecule has 0 unspecified atom stereocenters. The topological polar surface area (TPSA) is 52.5 Å². The Morgan fingerprint density at radius 2 is 1.76 bits per heavy atom. The van der Waals surface area contributed by atoms with Crippen molar-refractivity contribution in [3.8, 4) is 11.5 Å². The molecule has 0 saturated carbocycles. The van der Waals surface area contributed by atoms with Crippen LogP contribution in [0.3, 0.4) is 0 Å². The molecule has 1 heterocycles. The number of carbonyl (C=O) groups excluding carboxylic acids is 1. The van der Waals surface area contributed by atoms with Gasteiger partial charge in [-0.15, -0.1) is 0 Å². The van der Waals surface area contributed by atoms with Gasteiger partial charge in [0.05, 0.1) is 14.2 Å². The van der Waals surface area contributed by atoms with Gasteiger partial charge in [0.1, 0.15) is 11.5 Å². The molecule has 130 valence electrons. The number of para-hydroxylation sites is 1. The smallest absolute Gasteiger partial charge is 0.251 e. The molecule has 1 aromatic heterocycles. The normalized spacial score (nSPS) is 10.7. The summed E-state index contributed by atoms with van der Waals surface area (Å²) in [4.78, 5) is 12.4. The molecule has 0 fully saturated rings. The number of nitrogens with zero attached hydrogens (tertiary/aromatic N) is 1. The molecule has 0 aliphatic rings. The second kappa shape index (κ2) is 7.30. The van der Waals surface area contributed by atoms with Gasteiger partial charge in [0, 0.05) is 42.3 Å². The van der Waals surface area contributed by atoms with Crippen LogP contribution in [0.15, 0.2) is 48.7 Å². The average Bonchev–Trinajstić information content (AvgIpc) is 2.97. The highest BCUT2D eigenvalue weighted by Crippen LogP contribution is 2.23. The molecule has 0 aliphatic carbocycles. The number of rotatable bonds is 6. The number of benzene rings is 2. The highest BCUT2D eigenvalue weighted by atomic mass is 16.5. The fourth-order valence-corrected chi connectivity index (χ4v) is 2.98. The van der Waals surface area contributed by atoms with Gasteiger partial charge >= 0.3 is 0 Å². The van der Waals surface area contributed by atoms with E-state index in [9.17, 15) is 4.79 Å². The zero-order valence-electron chi connectivity index (χ0n) is 14.7. The Labute approximate surface area is 147 Å². The lowest BCUT2D eigenvalue weighted by Gasteiger charge is -2.09. The van der Waals surface area contributed by atoms with Gasteiger partial charge in [-0.2, -0.15) is 0 Å². The standard InChI is InChI=1S/C20H22N2O3/c1-22-13-14(18-6-4-5-7-19(18)22)8-9-21-20(23)15-10-16(24-2)12-17(11-15)25-3/h4-7,10-13H,8-9H2,1-3H3,(H,21,23). The van der Waals surface area contributed by atoms with Crippen LogP contribution in [-0.4, -0.2) is 31.2 Å². The van der Waals surface area contributed by atoms with Gasteiger partial charge in [-0.05, 0) is 30.2 Å². The molecule has 0 atom stereocenters. The molecule has 3 rings (SSSR count).